The van der Waals surface area contributed by atoms with Crippen LogP contribution in [0.2, 0.25) is 0 Å². The maximum Gasteiger partial charge on any atom is 0.522 e. The van der Waals surface area contributed by atoms with Crippen LogP contribution in [0.3, 0.4) is 0 Å². The van der Waals surface area contributed by atoms with Crippen molar-refractivity contribution in [2.45, 2.75) is 24.9 Å². The van der Waals surface area contributed by atoms with Crippen LogP contribution in [0.15, 0.2) is 0 Å². The number of hydrogen-bond donors (Lipinski definition) is 1. The third-order valence-corrected chi connectivity index (χ3v) is 2.50. The quantitative estimate of drug-likeness (QED) is 0.725. The molecule has 0 aromatic carbocycles. The van der Waals surface area contributed by atoms with Gasteiger partial charge in [-0.15, -0.1) is 13.2 Å². The minimum absolute atomic E-state index is 0.0870. The number of halogens is 3. The van der Waals surface area contributed by atoms with Crippen LogP contribution in [-0.4, -0.2) is 61.3 Å². The monoisotopic (exact) mass is 257 g/mol. The van der Waals surface area contributed by atoms with Crippen LogP contribution in [0.5, 0.6) is 0 Å². The largest absolute Gasteiger partial charge is 0.522 e. The number of alkyl halides is 3. The molecule has 0 aromatic rings. The molecule has 0 radical (unpaired) electrons. The van der Waals surface area contributed by atoms with Gasteiger partial charge in [-0.2, -0.15) is 0 Å². The van der Waals surface area contributed by atoms with Gasteiger partial charge in [-0.3, -0.25) is 14.4 Å². The summed E-state index contributed by atoms with van der Waals surface area (Å²) >= 11 is 0. The zero-order valence-electron chi connectivity index (χ0n) is 9.24. The van der Waals surface area contributed by atoms with Gasteiger partial charge in [0, 0.05) is 19.5 Å². The predicted molar refractivity (Wildman–Crippen MR) is 50.0 cm³/mol. The van der Waals surface area contributed by atoms with Crippen LogP contribution in [0.1, 0.15) is 6.42 Å². The molecule has 1 fully saturated rings. The number of likely N-dealkylation sites (tertiary alicyclic amines) is 1. The fourth-order valence-corrected chi connectivity index (χ4v) is 1.79. The molecule has 5 nitrogen and oxygen atoms in total. The molecule has 0 aromatic heterocycles. The molecule has 100 valence electrons. The van der Waals surface area contributed by atoms with E-state index in [-0.39, 0.29) is 19.5 Å². The van der Waals surface area contributed by atoms with E-state index < -0.39 is 31.1 Å². The molecule has 2 unspecified atom stereocenters. The number of nitrogens with zero attached hydrogens (tertiary/aromatic N) is 1. The molecule has 1 saturated heterocycles. The Hall–Kier alpha value is -0.860. The maximum absolute atomic E-state index is 11.7. The molecule has 17 heavy (non-hydrogen) atoms. The molecule has 0 bridgehead atoms. The molecule has 0 aliphatic carbocycles. The summed E-state index contributed by atoms with van der Waals surface area (Å²) in [6.07, 6.45) is -5.25. The lowest BCUT2D eigenvalue weighted by molar-refractivity contribution is -0.325. The van der Waals surface area contributed by atoms with Gasteiger partial charge in [0.2, 0.25) is 0 Å². The van der Waals surface area contributed by atoms with E-state index >= 15 is 0 Å². The van der Waals surface area contributed by atoms with E-state index in [0.717, 1.165) is 0 Å². The molecule has 0 spiro atoms. The Morgan fingerprint density at radius 2 is 2.18 bits per heavy atom. The normalized spacial score (nSPS) is 26.2. The van der Waals surface area contributed by atoms with Crippen molar-refractivity contribution in [3.05, 3.63) is 0 Å². The van der Waals surface area contributed by atoms with Crippen molar-refractivity contribution >= 4 is 5.97 Å². The molecule has 1 heterocycles. The van der Waals surface area contributed by atoms with Crippen molar-refractivity contribution in [1.82, 2.24) is 4.90 Å². The van der Waals surface area contributed by atoms with Crippen molar-refractivity contribution in [2.75, 3.05) is 26.8 Å². The van der Waals surface area contributed by atoms with Crippen LogP contribution < -0.4 is 0 Å². The molecule has 0 saturated carbocycles. The van der Waals surface area contributed by atoms with E-state index in [1.165, 1.54) is 12.0 Å². The third kappa shape index (κ3) is 4.49. The second kappa shape index (κ2) is 5.65. The summed E-state index contributed by atoms with van der Waals surface area (Å²) in [7, 11) is 1.19. The summed E-state index contributed by atoms with van der Waals surface area (Å²) in [5, 5.41) is 9.36. The average molecular weight is 257 g/mol. The Kier molecular flexibility index (Phi) is 4.72. The third-order valence-electron chi connectivity index (χ3n) is 2.50. The number of ether oxygens (including phenoxy) is 2. The summed E-state index contributed by atoms with van der Waals surface area (Å²) in [4.78, 5) is 12.7. The van der Waals surface area contributed by atoms with E-state index in [1.54, 1.807) is 0 Å². The molecule has 1 N–H and O–H groups in total. The summed E-state index contributed by atoms with van der Waals surface area (Å²) in [5.74, 6) is -0.562. The SMILES string of the molecule is COC(=O)C1CC(O)CN1CCOC(F)(F)F. The maximum atomic E-state index is 11.7. The van der Waals surface area contributed by atoms with E-state index in [0.29, 0.717) is 0 Å². The summed E-state index contributed by atoms with van der Waals surface area (Å²) in [5.41, 5.74) is 0. The second-order valence-corrected chi connectivity index (χ2v) is 3.72. The Morgan fingerprint density at radius 3 is 2.71 bits per heavy atom. The average Bonchev–Trinajstić information content (AvgIpc) is 2.57. The molecular weight excluding hydrogens is 243 g/mol. The highest BCUT2D eigenvalue weighted by Gasteiger charge is 2.37. The van der Waals surface area contributed by atoms with Crippen LogP contribution in [0.4, 0.5) is 13.2 Å². The van der Waals surface area contributed by atoms with E-state index in [1.807, 2.05) is 0 Å². The summed E-state index contributed by atoms with van der Waals surface area (Å²) in [6.45, 7) is -0.527. The minimum atomic E-state index is -4.68. The first-order chi connectivity index (χ1) is 7.83. The second-order valence-electron chi connectivity index (χ2n) is 3.72. The molecule has 8 heteroatoms. The number of methoxy groups -OCH3 is 1. The molecule has 0 amide bonds. The number of carbonyl (C=O) groups is 1. The van der Waals surface area contributed by atoms with Gasteiger partial charge in [0.15, 0.2) is 0 Å². The van der Waals surface area contributed by atoms with Gasteiger partial charge in [0.1, 0.15) is 6.04 Å². The molecule has 1 aliphatic heterocycles. The highest BCUT2D eigenvalue weighted by Crippen LogP contribution is 2.20. The van der Waals surface area contributed by atoms with Crippen molar-refractivity contribution in [3.8, 4) is 0 Å². The topological polar surface area (TPSA) is 59.0 Å². The Balaban J connectivity index is 2.42. The smallest absolute Gasteiger partial charge is 0.468 e. The van der Waals surface area contributed by atoms with Crippen LogP contribution in [-0.2, 0) is 14.3 Å². The lowest BCUT2D eigenvalue weighted by Crippen LogP contribution is -2.39. The highest BCUT2D eigenvalue weighted by atomic mass is 19.4. The van der Waals surface area contributed by atoms with Gasteiger partial charge in [-0.05, 0) is 0 Å². The standard InChI is InChI=1S/C9H14F3NO4/c1-16-8(15)7-4-6(14)5-13(7)2-3-17-9(10,11)12/h6-7,14H,2-5H2,1H3. The molecule has 1 rings (SSSR count). The van der Waals surface area contributed by atoms with E-state index in [9.17, 15) is 23.1 Å². The van der Waals surface area contributed by atoms with Crippen LogP contribution in [0, 0.1) is 0 Å². The summed E-state index contributed by atoms with van der Waals surface area (Å²) < 4.78 is 43.4. The van der Waals surface area contributed by atoms with Gasteiger partial charge in [0.25, 0.3) is 0 Å². The van der Waals surface area contributed by atoms with Crippen LogP contribution in [0.25, 0.3) is 0 Å². The van der Waals surface area contributed by atoms with Gasteiger partial charge in [0.05, 0.1) is 19.8 Å². The first-order valence-electron chi connectivity index (χ1n) is 5.04. The highest BCUT2D eigenvalue weighted by molar-refractivity contribution is 5.76. The van der Waals surface area contributed by atoms with Gasteiger partial charge < -0.3 is 9.84 Å². The fourth-order valence-electron chi connectivity index (χ4n) is 1.79. The number of aliphatic hydroxyl groups is 1. The number of rotatable bonds is 4. The number of esters is 1. The zero-order chi connectivity index (χ0) is 13.1. The lowest BCUT2D eigenvalue weighted by atomic mass is 10.2. The molecule has 1 aliphatic rings. The van der Waals surface area contributed by atoms with Crippen LogP contribution >= 0.6 is 0 Å². The van der Waals surface area contributed by atoms with Crippen molar-refractivity contribution in [3.63, 3.8) is 0 Å². The first-order valence-corrected chi connectivity index (χ1v) is 5.04. The Bertz CT molecular complexity index is 271. The predicted octanol–water partition coefficient (Wildman–Crippen LogP) is 0.131. The number of β-amino-alcohol motifs (C(OH)–C–C–N with tert-alkyl or cyclic N) is 1. The van der Waals surface area contributed by atoms with E-state index in [4.69, 9.17) is 0 Å². The lowest BCUT2D eigenvalue weighted by Gasteiger charge is -2.21. The minimum Gasteiger partial charge on any atom is -0.468 e. The first kappa shape index (κ1) is 14.2. The Morgan fingerprint density at radius 1 is 1.53 bits per heavy atom. The molecular formula is C9H14F3NO4. The number of hydrogen-bond acceptors (Lipinski definition) is 5. The molecule has 2 atom stereocenters. The number of aliphatic hydroxyl groups excluding tert-OH is 1. The van der Waals surface area contributed by atoms with Gasteiger partial charge in [-0.1, -0.05) is 0 Å². The Labute approximate surface area is 96.1 Å². The van der Waals surface area contributed by atoms with Crippen molar-refractivity contribution < 1.29 is 32.5 Å². The van der Waals surface area contributed by atoms with Gasteiger partial charge >= 0.3 is 12.3 Å². The number of carbonyl (C=O) groups excluding carboxylic acids is 1. The van der Waals surface area contributed by atoms with E-state index in [2.05, 4.69) is 9.47 Å². The van der Waals surface area contributed by atoms with Gasteiger partial charge in [-0.25, -0.2) is 0 Å². The summed E-state index contributed by atoms with van der Waals surface area (Å²) in [6, 6.07) is -0.702. The zero-order valence-corrected chi connectivity index (χ0v) is 9.24. The van der Waals surface area contributed by atoms with Crippen molar-refractivity contribution in [2.24, 2.45) is 0 Å². The van der Waals surface area contributed by atoms with Crippen molar-refractivity contribution in [1.29, 1.82) is 0 Å². The fraction of sp³-hybridized carbons (Fsp3) is 0.889.